The average Bonchev–Trinajstić information content (AvgIpc) is 1.00. The molecule has 0 aliphatic rings. The molecule has 0 saturated carbocycles. The van der Waals surface area contributed by atoms with Crippen LogP contribution in [-0.2, 0) is 24.2 Å². The Bertz CT molecular complexity index is 8.00. The van der Waals surface area contributed by atoms with Crippen LogP contribution in [0.4, 0.5) is 0 Å². The van der Waals surface area contributed by atoms with Crippen LogP contribution in [0.3, 0.4) is 0 Å². The SMILES string of the molecule is B=O.[BiH3].[Zn]. The molecule has 0 aromatic rings. The minimum absolute atomic E-state index is 0. The maximum atomic E-state index is 8.00. The van der Waals surface area contributed by atoms with Crippen LogP contribution in [-0.4, -0.2) is 33.9 Å². The van der Waals surface area contributed by atoms with Crippen molar-refractivity contribution in [1.82, 2.24) is 0 Å². The van der Waals surface area contributed by atoms with Crippen molar-refractivity contribution in [1.29, 1.82) is 0 Å². The van der Waals surface area contributed by atoms with Crippen LogP contribution in [0.2, 0.25) is 0 Å². The van der Waals surface area contributed by atoms with Gasteiger partial charge in [0.2, 0.25) is 0 Å². The molecule has 4 heteroatoms. The van der Waals surface area contributed by atoms with Gasteiger partial charge in [0.1, 0.15) is 0 Å². The van der Waals surface area contributed by atoms with Crippen LogP contribution < -0.4 is 0 Å². The van der Waals surface area contributed by atoms with Crippen molar-refractivity contribution < 1.29 is 24.2 Å². The summed E-state index contributed by atoms with van der Waals surface area (Å²) >= 11 is 0. The van der Waals surface area contributed by atoms with Crippen molar-refractivity contribution in [3.8, 4) is 0 Å². The summed E-state index contributed by atoms with van der Waals surface area (Å²) in [6, 6.07) is 0. The molecule has 0 bridgehead atoms. The van der Waals surface area contributed by atoms with Crippen LogP contribution in [0, 0.1) is 0 Å². The molecule has 0 heterocycles. The third-order valence-corrected chi connectivity index (χ3v) is 0. The van der Waals surface area contributed by atoms with Gasteiger partial charge in [-0.15, -0.1) is 0 Å². The molecule has 0 spiro atoms. The smallest absolute Gasteiger partial charge is 0 e. The van der Waals surface area contributed by atoms with E-state index >= 15 is 0 Å². The van der Waals surface area contributed by atoms with Crippen molar-refractivity contribution in [3.63, 3.8) is 0 Å². The second-order valence-electron chi connectivity index (χ2n) is 0. The van der Waals surface area contributed by atoms with E-state index in [1.807, 2.05) is 7.72 Å². The van der Waals surface area contributed by atoms with E-state index < -0.39 is 0 Å². The molecule has 0 aromatic carbocycles. The fourth-order valence-electron chi connectivity index (χ4n) is 0. The van der Waals surface area contributed by atoms with Crippen LogP contribution in [0.1, 0.15) is 0 Å². The molecule has 0 aliphatic heterocycles. The van der Waals surface area contributed by atoms with Crippen LogP contribution in [0.15, 0.2) is 0 Å². The Labute approximate surface area is 57.8 Å². The van der Waals surface area contributed by atoms with Gasteiger partial charge in [0.05, 0.1) is 0 Å². The molecule has 0 unspecified atom stereocenters. The minimum atomic E-state index is 0. The van der Waals surface area contributed by atoms with Crippen molar-refractivity contribution in [2.24, 2.45) is 0 Å². The second-order valence-corrected chi connectivity index (χ2v) is 0. The van der Waals surface area contributed by atoms with Gasteiger partial charge in [0.15, 0.2) is 0 Å². The van der Waals surface area contributed by atoms with E-state index in [1.54, 1.807) is 0 Å². The number of rotatable bonds is 0. The Balaban J connectivity index is -0.00000000500. The van der Waals surface area contributed by atoms with E-state index in [0.29, 0.717) is 0 Å². The maximum absolute atomic E-state index is 8.00. The van der Waals surface area contributed by atoms with Crippen LogP contribution >= 0.6 is 0 Å². The monoisotopic (exact) mass is 304 g/mol. The second kappa shape index (κ2) is 26.4. The fraction of sp³-hybridized carbons (Fsp3) is 0. The van der Waals surface area contributed by atoms with Gasteiger partial charge in [0.25, 0.3) is 0 Å². The molecular weight excluding hydrogens is 301 g/mol. The Kier molecular flexibility index (Phi) is 121. The molecule has 0 saturated heterocycles. The van der Waals surface area contributed by atoms with Gasteiger partial charge in [-0.25, -0.2) is 0 Å². The summed E-state index contributed by atoms with van der Waals surface area (Å²) in [4.78, 5) is 0. The molecule has 0 rings (SSSR count). The zero-order valence-electron chi connectivity index (χ0n) is 2.53. The third kappa shape index (κ3) is 10.1. The summed E-state index contributed by atoms with van der Waals surface area (Å²) in [6.07, 6.45) is 0. The molecule has 0 radical (unpaired) electrons. The quantitative estimate of drug-likeness (QED) is 0.475. The van der Waals surface area contributed by atoms with E-state index in [0.717, 1.165) is 0 Å². The molecule has 4 heavy (non-hydrogen) atoms. The normalized spacial score (nSPS) is 0.750. The Morgan fingerprint density at radius 3 is 1.25 bits per heavy atom. The Morgan fingerprint density at radius 2 is 1.25 bits per heavy atom. The van der Waals surface area contributed by atoms with Gasteiger partial charge in [-0.05, 0) is 0 Å². The van der Waals surface area contributed by atoms with Crippen molar-refractivity contribution >= 4 is 33.9 Å². The van der Waals surface area contributed by atoms with E-state index in [4.69, 9.17) is 4.70 Å². The molecule has 0 atom stereocenters. The zero-order valence-corrected chi connectivity index (χ0v) is 11.0. The van der Waals surface area contributed by atoms with Gasteiger partial charge >= 0.3 is 38.6 Å². The molecular formula is H4BBiOZn. The zero-order chi connectivity index (χ0) is 2.00. The van der Waals surface area contributed by atoms with E-state index in [2.05, 4.69) is 0 Å². The summed E-state index contributed by atoms with van der Waals surface area (Å²) in [5.41, 5.74) is 0. The van der Waals surface area contributed by atoms with Gasteiger partial charge in [-0.2, -0.15) is 0 Å². The molecule has 0 amide bonds. The maximum Gasteiger partial charge on any atom is 0 e. The summed E-state index contributed by atoms with van der Waals surface area (Å²) in [6.45, 7) is 0. The Morgan fingerprint density at radius 1 is 1.25 bits per heavy atom. The Hall–Kier alpha value is 1.37. The summed E-state index contributed by atoms with van der Waals surface area (Å²) in [5.74, 6) is 0. The first-order valence-corrected chi connectivity index (χ1v) is 0.289. The van der Waals surface area contributed by atoms with Crippen molar-refractivity contribution in [2.45, 2.75) is 0 Å². The van der Waals surface area contributed by atoms with Gasteiger partial charge in [-0.3, -0.25) is 0 Å². The van der Waals surface area contributed by atoms with Crippen molar-refractivity contribution in [2.75, 3.05) is 0 Å². The van der Waals surface area contributed by atoms with E-state index in [1.165, 1.54) is 0 Å². The van der Waals surface area contributed by atoms with E-state index in [9.17, 15) is 0 Å². The van der Waals surface area contributed by atoms with E-state index in [-0.39, 0.29) is 45.7 Å². The number of hydrogen-bond donors (Lipinski definition) is 0. The largest absolute Gasteiger partial charge is 0 e. The molecule has 0 fully saturated rings. The van der Waals surface area contributed by atoms with Crippen LogP contribution in [0.25, 0.3) is 0 Å². The van der Waals surface area contributed by atoms with Gasteiger partial charge in [0, 0.05) is 19.5 Å². The number of hydrogen-bond acceptors (Lipinski definition) is 1. The van der Waals surface area contributed by atoms with Gasteiger partial charge < -0.3 is 0 Å². The minimum Gasteiger partial charge on any atom is 0 e. The molecule has 0 aliphatic carbocycles. The summed E-state index contributed by atoms with van der Waals surface area (Å²) < 4.78 is 8.00. The fourth-order valence-corrected chi connectivity index (χ4v) is 0. The molecule has 1 nitrogen and oxygen atoms in total. The van der Waals surface area contributed by atoms with Gasteiger partial charge in [-0.1, -0.05) is 0 Å². The van der Waals surface area contributed by atoms with Crippen LogP contribution in [0.5, 0.6) is 0 Å². The topological polar surface area (TPSA) is 17.1 Å². The molecule has 0 N–H and O–H groups in total. The first-order chi connectivity index (χ1) is 1.00. The first-order valence-electron chi connectivity index (χ1n) is 0.289. The average molecular weight is 305 g/mol. The predicted octanol–water partition coefficient (Wildman–Crippen LogP) is -1.95. The predicted molar refractivity (Wildman–Crippen MR) is 17.8 cm³/mol. The standard InChI is InChI=1S/BHO.Bi.Zn.3H/c1-2;;;;;/h1H;;;;;. The van der Waals surface area contributed by atoms with Crippen molar-refractivity contribution in [3.05, 3.63) is 0 Å². The third-order valence-electron chi connectivity index (χ3n) is 0. The molecule has 20 valence electrons. The molecule has 0 aromatic heterocycles. The summed E-state index contributed by atoms with van der Waals surface area (Å²) in [5, 5.41) is 0. The summed E-state index contributed by atoms with van der Waals surface area (Å²) in [7, 11) is 2.00. The first kappa shape index (κ1) is 18.3.